The Morgan fingerprint density at radius 1 is 1.08 bits per heavy atom. The molecule has 3 saturated carbocycles. The van der Waals surface area contributed by atoms with E-state index in [-0.39, 0.29) is 23.9 Å². The molecule has 5 rings (SSSR count). The van der Waals surface area contributed by atoms with Gasteiger partial charge in [0.05, 0.1) is 42.7 Å². The number of rotatable bonds is 5. The van der Waals surface area contributed by atoms with Gasteiger partial charge in [0, 0.05) is 36.5 Å². The number of hydrogen-bond donors (Lipinski definition) is 5. The average molecular weight is 505 g/mol. The monoisotopic (exact) mass is 504 g/mol. The van der Waals surface area contributed by atoms with Crippen molar-refractivity contribution in [3.8, 4) is 0 Å². The van der Waals surface area contributed by atoms with E-state index in [0.29, 0.717) is 38.7 Å². The number of hydrogen-bond acceptors (Lipinski definition) is 7. The van der Waals surface area contributed by atoms with Crippen LogP contribution in [-0.2, 0) is 15.9 Å². The van der Waals surface area contributed by atoms with Crippen LogP contribution < -0.4 is 0 Å². The first-order valence-electron chi connectivity index (χ1n) is 13.7. The minimum atomic E-state index is -1.21. The van der Waals surface area contributed by atoms with Gasteiger partial charge in [-0.25, -0.2) is 0 Å². The third-order valence-corrected chi connectivity index (χ3v) is 10.9. The van der Waals surface area contributed by atoms with Gasteiger partial charge in [-0.05, 0) is 35.7 Å². The van der Waals surface area contributed by atoms with Gasteiger partial charge in [-0.3, -0.25) is 0 Å². The van der Waals surface area contributed by atoms with Crippen molar-refractivity contribution in [3.63, 3.8) is 0 Å². The summed E-state index contributed by atoms with van der Waals surface area (Å²) in [6.07, 6.45) is -2.47. The Balaban J connectivity index is 1.43. The Morgan fingerprint density at radius 2 is 1.78 bits per heavy atom. The van der Waals surface area contributed by atoms with Gasteiger partial charge in [0.15, 0.2) is 6.29 Å². The Morgan fingerprint density at radius 3 is 2.42 bits per heavy atom. The highest BCUT2D eigenvalue weighted by Gasteiger charge is 2.68. The van der Waals surface area contributed by atoms with Crippen molar-refractivity contribution < 1.29 is 35.0 Å². The van der Waals surface area contributed by atoms with E-state index in [4.69, 9.17) is 9.47 Å². The molecular weight excluding hydrogens is 460 g/mol. The first kappa shape index (κ1) is 26.5. The summed E-state index contributed by atoms with van der Waals surface area (Å²) >= 11 is 0. The number of fused-ring (bicyclic) bond motifs is 5. The van der Waals surface area contributed by atoms with E-state index in [1.54, 1.807) is 0 Å². The molecule has 1 aliphatic heterocycles. The zero-order valence-electron chi connectivity index (χ0n) is 22.0. The van der Waals surface area contributed by atoms with E-state index in [1.165, 1.54) is 0 Å². The maximum Gasteiger partial charge on any atom is 0.155 e. The maximum absolute atomic E-state index is 12.3. The summed E-state index contributed by atoms with van der Waals surface area (Å²) < 4.78 is 11.9. The summed E-state index contributed by atoms with van der Waals surface area (Å²) in [7, 11) is 0. The molecule has 2 bridgehead atoms. The molecule has 3 aliphatic carbocycles. The number of benzene rings is 1. The SMILES string of the molecule is CC1C2C(O)C(O)C3(C)C(O)CC4OCC4C3CC(O)(C[C@@H]1OC(O)CCc1ccccc1)C2(C)C. The van der Waals surface area contributed by atoms with E-state index in [1.807, 2.05) is 58.0 Å². The third kappa shape index (κ3) is 3.98. The minimum absolute atomic E-state index is 0.0845. The Hall–Kier alpha value is -1.06. The van der Waals surface area contributed by atoms with E-state index in [2.05, 4.69) is 0 Å². The van der Waals surface area contributed by atoms with Gasteiger partial charge in [0.25, 0.3) is 0 Å². The van der Waals surface area contributed by atoms with Gasteiger partial charge in [0.1, 0.15) is 0 Å². The fourth-order valence-electron chi connectivity index (χ4n) is 8.30. The average Bonchev–Trinajstić information content (AvgIpc) is 2.81. The molecule has 0 aromatic heterocycles. The molecule has 0 amide bonds. The summed E-state index contributed by atoms with van der Waals surface area (Å²) in [6, 6.07) is 9.93. The Labute approximate surface area is 214 Å². The molecule has 4 aliphatic rings. The number of aliphatic hydroxyl groups excluding tert-OH is 4. The highest BCUT2D eigenvalue weighted by molar-refractivity contribution is 5.18. The topological polar surface area (TPSA) is 120 Å². The molecule has 12 atom stereocenters. The molecule has 1 aromatic carbocycles. The largest absolute Gasteiger partial charge is 0.392 e. The summed E-state index contributed by atoms with van der Waals surface area (Å²) in [5.74, 6) is -0.811. The second kappa shape index (κ2) is 9.30. The molecule has 1 saturated heterocycles. The van der Waals surface area contributed by atoms with Crippen molar-refractivity contribution in [2.75, 3.05) is 6.61 Å². The van der Waals surface area contributed by atoms with E-state index in [9.17, 15) is 25.5 Å². The summed E-state index contributed by atoms with van der Waals surface area (Å²) in [5, 5.41) is 57.6. The van der Waals surface area contributed by atoms with Gasteiger partial charge in [-0.1, -0.05) is 58.0 Å². The highest BCUT2D eigenvalue weighted by atomic mass is 16.6. The number of aliphatic hydroxyl groups is 5. The van der Waals surface area contributed by atoms with Crippen LogP contribution >= 0.6 is 0 Å². The van der Waals surface area contributed by atoms with Crippen molar-refractivity contribution in [3.05, 3.63) is 35.9 Å². The van der Waals surface area contributed by atoms with Crippen LogP contribution in [0.2, 0.25) is 0 Å². The molecule has 1 heterocycles. The number of aryl methyl sites for hydroxylation is 1. The van der Waals surface area contributed by atoms with Crippen molar-refractivity contribution in [2.24, 2.45) is 34.5 Å². The van der Waals surface area contributed by atoms with Crippen LogP contribution in [0.5, 0.6) is 0 Å². The maximum atomic E-state index is 12.3. The van der Waals surface area contributed by atoms with E-state index < -0.39 is 53.1 Å². The Bertz CT molecular complexity index is 923. The predicted octanol–water partition coefficient (Wildman–Crippen LogP) is 2.26. The number of ether oxygens (including phenoxy) is 2. The van der Waals surface area contributed by atoms with Gasteiger partial charge >= 0.3 is 0 Å². The first-order valence-corrected chi connectivity index (χ1v) is 13.7. The zero-order valence-corrected chi connectivity index (χ0v) is 22.0. The molecule has 0 spiro atoms. The van der Waals surface area contributed by atoms with Crippen molar-refractivity contribution in [2.45, 2.75) is 102 Å². The summed E-state index contributed by atoms with van der Waals surface area (Å²) in [4.78, 5) is 0. The normalized spacial score (nSPS) is 48.5. The lowest BCUT2D eigenvalue weighted by Gasteiger charge is -2.66. The lowest BCUT2D eigenvalue weighted by Crippen LogP contribution is -2.73. The predicted molar refractivity (Wildman–Crippen MR) is 134 cm³/mol. The molecule has 0 radical (unpaired) electrons. The molecule has 7 nitrogen and oxygen atoms in total. The lowest BCUT2D eigenvalue weighted by molar-refractivity contribution is -0.313. The molecule has 36 heavy (non-hydrogen) atoms. The van der Waals surface area contributed by atoms with E-state index >= 15 is 0 Å². The van der Waals surface area contributed by atoms with Crippen LogP contribution in [0.15, 0.2) is 30.3 Å². The van der Waals surface area contributed by atoms with Crippen LogP contribution in [0.25, 0.3) is 0 Å². The molecule has 1 aromatic rings. The summed E-state index contributed by atoms with van der Waals surface area (Å²) in [6.45, 7) is 8.33. The summed E-state index contributed by atoms with van der Waals surface area (Å²) in [5.41, 5.74) is -1.76. The second-order valence-electron chi connectivity index (χ2n) is 12.9. The molecule has 7 heteroatoms. The first-order chi connectivity index (χ1) is 16.9. The molecular formula is C29H44O7. The van der Waals surface area contributed by atoms with Crippen LogP contribution in [0.4, 0.5) is 0 Å². The standard InChI is InChI=1S/C29H44O7/c1-16-21(36-23(31)11-10-17-8-6-5-7-9-17)14-29(34)13-19-18-15-35-20(18)12-22(30)28(19,4)26(33)25(32)24(16)27(29,2)3/h5-9,16,18-26,30-34H,10-15H2,1-4H3/t16?,18?,19?,20?,21-,22?,23?,24?,25?,26?,28?,29?/m0/s1. The zero-order chi connectivity index (χ0) is 26.0. The third-order valence-electron chi connectivity index (χ3n) is 10.9. The van der Waals surface area contributed by atoms with E-state index in [0.717, 1.165) is 5.56 Å². The fourth-order valence-corrected chi connectivity index (χ4v) is 8.30. The van der Waals surface area contributed by atoms with Gasteiger partial charge in [-0.15, -0.1) is 0 Å². The molecule has 5 N–H and O–H groups in total. The van der Waals surface area contributed by atoms with Crippen LogP contribution in [0.1, 0.15) is 58.9 Å². The minimum Gasteiger partial charge on any atom is -0.392 e. The van der Waals surface area contributed by atoms with Crippen molar-refractivity contribution in [1.29, 1.82) is 0 Å². The van der Waals surface area contributed by atoms with Crippen LogP contribution in [0.3, 0.4) is 0 Å². The molecule has 11 unspecified atom stereocenters. The smallest absolute Gasteiger partial charge is 0.155 e. The quantitative estimate of drug-likeness (QED) is 0.390. The molecule has 202 valence electrons. The second-order valence-corrected chi connectivity index (χ2v) is 12.9. The Kier molecular flexibility index (Phi) is 6.85. The lowest BCUT2D eigenvalue weighted by atomic mass is 9.44. The van der Waals surface area contributed by atoms with Gasteiger partial charge in [-0.2, -0.15) is 0 Å². The van der Waals surface area contributed by atoms with Crippen LogP contribution in [-0.4, -0.2) is 74.6 Å². The highest BCUT2D eigenvalue weighted by Crippen LogP contribution is 2.63. The van der Waals surface area contributed by atoms with Crippen molar-refractivity contribution >= 4 is 0 Å². The van der Waals surface area contributed by atoms with Gasteiger partial charge < -0.3 is 35.0 Å². The molecule has 4 fully saturated rings. The van der Waals surface area contributed by atoms with Gasteiger partial charge in [0.2, 0.25) is 0 Å². The van der Waals surface area contributed by atoms with Crippen LogP contribution in [0, 0.1) is 34.5 Å². The van der Waals surface area contributed by atoms with Crippen molar-refractivity contribution in [1.82, 2.24) is 0 Å². The fraction of sp³-hybridized carbons (Fsp3) is 0.793.